The molecule has 92 valence electrons. The van der Waals surface area contributed by atoms with Gasteiger partial charge in [-0.1, -0.05) is 12.1 Å². The van der Waals surface area contributed by atoms with Crippen molar-refractivity contribution in [1.82, 2.24) is 10.2 Å². The van der Waals surface area contributed by atoms with Crippen LogP contribution < -0.4 is 5.32 Å². The van der Waals surface area contributed by atoms with Crippen LogP contribution in [0.1, 0.15) is 28.4 Å². The number of piperazine rings is 1. The molecule has 0 bridgehead atoms. The highest BCUT2D eigenvalue weighted by Crippen LogP contribution is 2.15. The number of nitrogens with zero attached hydrogens (tertiary/aromatic N) is 1. The minimum absolute atomic E-state index is 0.166. The van der Waals surface area contributed by atoms with E-state index in [1.807, 2.05) is 36.9 Å². The number of benzene rings is 1. The monoisotopic (exact) mass is 232 g/mol. The van der Waals surface area contributed by atoms with Crippen LogP contribution in [0.3, 0.4) is 0 Å². The first kappa shape index (κ1) is 12.1. The van der Waals surface area contributed by atoms with Crippen molar-refractivity contribution in [2.45, 2.75) is 26.8 Å². The summed E-state index contributed by atoms with van der Waals surface area (Å²) in [6.45, 7) is 8.67. The highest BCUT2D eigenvalue weighted by atomic mass is 16.2. The van der Waals surface area contributed by atoms with Crippen LogP contribution in [0.2, 0.25) is 0 Å². The summed E-state index contributed by atoms with van der Waals surface area (Å²) < 4.78 is 0. The Morgan fingerprint density at radius 3 is 2.88 bits per heavy atom. The molecule has 3 heteroatoms. The number of carbonyl (C=O) groups is 1. The molecule has 0 radical (unpaired) electrons. The van der Waals surface area contributed by atoms with E-state index in [1.54, 1.807) is 0 Å². The third kappa shape index (κ3) is 2.50. The standard InChI is InChI=1S/C14H20N2O/c1-10-5-4-6-13(12(10)3)14(17)16-8-7-15-11(2)9-16/h4-6,11,15H,7-9H2,1-3H3/t11-/m1/s1. The lowest BCUT2D eigenvalue weighted by Gasteiger charge is -2.32. The minimum Gasteiger partial charge on any atom is -0.336 e. The van der Waals surface area contributed by atoms with Crippen LogP contribution in [-0.2, 0) is 0 Å². The van der Waals surface area contributed by atoms with Gasteiger partial charge in [0, 0.05) is 31.2 Å². The smallest absolute Gasteiger partial charge is 0.254 e. The van der Waals surface area contributed by atoms with E-state index in [-0.39, 0.29) is 5.91 Å². The summed E-state index contributed by atoms with van der Waals surface area (Å²) in [5.74, 6) is 0.166. The molecule has 1 aromatic rings. The van der Waals surface area contributed by atoms with Gasteiger partial charge < -0.3 is 10.2 Å². The molecule has 17 heavy (non-hydrogen) atoms. The number of rotatable bonds is 1. The highest BCUT2D eigenvalue weighted by Gasteiger charge is 2.22. The maximum Gasteiger partial charge on any atom is 0.254 e. The van der Waals surface area contributed by atoms with Gasteiger partial charge in [-0.2, -0.15) is 0 Å². The zero-order valence-electron chi connectivity index (χ0n) is 10.8. The Morgan fingerprint density at radius 1 is 1.41 bits per heavy atom. The fourth-order valence-corrected chi connectivity index (χ4v) is 2.27. The average Bonchev–Trinajstić information content (AvgIpc) is 2.32. The van der Waals surface area contributed by atoms with Gasteiger partial charge in [0.15, 0.2) is 0 Å². The molecule has 0 aromatic heterocycles. The van der Waals surface area contributed by atoms with Crippen LogP contribution in [0, 0.1) is 13.8 Å². The van der Waals surface area contributed by atoms with E-state index in [4.69, 9.17) is 0 Å². The topological polar surface area (TPSA) is 32.3 Å². The molecule has 1 aliphatic rings. The summed E-state index contributed by atoms with van der Waals surface area (Å²) in [4.78, 5) is 14.4. The molecule has 2 rings (SSSR count). The van der Waals surface area contributed by atoms with Gasteiger partial charge in [-0.3, -0.25) is 4.79 Å². The molecule has 3 nitrogen and oxygen atoms in total. The normalized spacial score (nSPS) is 20.4. The van der Waals surface area contributed by atoms with Gasteiger partial charge in [0.1, 0.15) is 0 Å². The van der Waals surface area contributed by atoms with Crippen molar-refractivity contribution in [3.8, 4) is 0 Å². The second-order valence-electron chi connectivity index (χ2n) is 4.85. The molecule has 1 atom stereocenters. The van der Waals surface area contributed by atoms with E-state index in [9.17, 15) is 4.79 Å². The average molecular weight is 232 g/mol. The van der Waals surface area contributed by atoms with Gasteiger partial charge in [-0.05, 0) is 38.0 Å². The van der Waals surface area contributed by atoms with Gasteiger partial charge >= 0.3 is 0 Å². The second-order valence-corrected chi connectivity index (χ2v) is 4.85. The fraction of sp³-hybridized carbons (Fsp3) is 0.500. The maximum atomic E-state index is 12.4. The molecule has 0 aliphatic carbocycles. The van der Waals surface area contributed by atoms with Gasteiger partial charge in [-0.25, -0.2) is 0 Å². The van der Waals surface area contributed by atoms with Crippen molar-refractivity contribution in [1.29, 1.82) is 0 Å². The van der Waals surface area contributed by atoms with Crippen molar-refractivity contribution in [3.63, 3.8) is 0 Å². The lowest BCUT2D eigenvalue weighted by molar-refractivity contribution is 0.0708. The van der Waals surface area contributed by atoms with Crippen molar-refractivity contribution in [3.05, 3.63) is 34.9 Å². The molecule has 1 aromatic carbocycles. The molecule has 1 N–H and O–H groups in total. The second kappa shape index (κ2) is 4.88. The highest BCUT2D eigenvalue weighted by molar-refractivity contribution is 5.96. The van der Waals surface area contributed by atoms with E-state index in [1.165, 1.54) is 5.56 Å². The molecular formula is C14H20N2O. The molecular weight excluding hydrogens is 212 g/mol. The first-order chi connectivity index (χ1) is 8.09. The summed E-state index contributed by atoms with van der Waals surface area (Å²) in [5.41, 5.74) is 3.13. The van der Waals surface area contributed by atoms with Crippen LogP contribution in [0.4, 0.5) is 0 Å². The van der Waals surface area contributed by atoms with Gasteiger partial charge in [0.25, 0.3) is 5.91 Å². The number of hydrogen-bond acceptors (Lipinski definition) is 2. The Labute approximate surface area is 103 Å². The summed E-state index contributed by atoms with van der Waals surface area (Å²) in [6, 6.07) is 6.32. The lowest BCUT2D eigenvalue weighted by atomic mass is 10.0. The number of carbonyl (C=O) groups excluding carboxylic acids is 1. The Balaban J connectivity index is 2.22. The predicted octanol–water partition coefficient (Wildman–Crippen LogP) is 1.74. The van der Waals surface area contributed by atoms with Crippen LogP contribution in [0.15, 0.2) is 18.2 Å². The maximum absolute atomic E-state index is 12.4. The first-order valence-corrected chi connectivity index (χ1v) is 6.18. The zero-order chi connectivity index (χ0) is 12.4. The Hall–Kier alpha value is -1.35. The quantitative estimate of drug-likeness (QED) is 0.800. The van der Waals surface area contributed by atoms with E-state index >= 15 is 0 Å². The zero-order valence-corrected chi connectivity index (χ0v) is 10.8. The fourth-order valence-electron chi connectivity index (χ4n) is 2.27. The molecule has 0 saturated carbocycles. The third-order valence-electron chi connectivity index (χ3n) is 3.49. The lowest BCUT2D eigenvalue weighted by Crippen LogP contribution is -2.51. The van der Waals surface area contributed by atoms with E-state index in [0.29, 0.717) is 6.04 Å². The number of hydrogen-bond donors (Lipinski definition) is 1. The Kier molecular flexibility index (Phi) is 3.48. The third-order valence-corrected chi connectivity index (χ3v) is 3.49. The van der Waals surface area contributed by atoms with Crippen molar-refractivity contribution in [2.24, 2.45) is 0 Å². The van der Waals surface area contributed by atoms with E-state index in [0.717, 1.165) is 30.8 Å². The van der Waals surface area contributed by atoms with Crippen molar-refractivity contribution >= 4 is 5.91 Å². The van der Waals surface area contributed by atoms with Crippen LogP contribution in [-0.4, -0.2) is 36.5 Å². The van der Waals surface area contributed by atoms with E-state index < -0.39 is 0 Å². The first-order valence-electron chi connectivity index (χ1n) is 6.18. The van der Waals surface area contributed by atoms with Crippen LogP contribution in [0.5, 0.6) is 0 Å². The predicted molar refractivity (Wildman–Crippen MR) is 69.3 cm³/mol. The number of aryl methyl sites for hydroxylation is 1. The van der Waals surface area contributed by atoms with Crippen LogP contribution in [0.25, 0.3) is 0 Å². The SMILES string of the molecule is Cc1cccc(C(=O)N2CCN[C@H](C)C2)c1C. The molecule has 0 spiro atoms. The van der Waals surface area contributed by atoms with Crippen LogP contribution >= 0.6 is 0 Å². The summed E-state index contributed by atoms with van der Waals surface area (Å²) in [7, 11) is 0. The number of nitrogens with one attached hydrogen (secondary N) is 1. The van der Waals surface area contributed by atoms with Gasteiger partial charge in [0.2, 0.25) is 0 Å². The number of amides is 1. The van der Waals surface area contributed by atoms with E-state index in [2.05, 4.69) is 12.2 Å². The summed E-state index contributed by atoms with van der Waals surface area (Å²) in [5, 5.41) is 3.35. The Bertz CT molecular complexity index is 428. The Morgan fingerprint density at radius 2 is 2.18 bits per heavy atom. The largest absolute Gasteiger partial charge is 0.336 e. The molecule has 1 aliphatic heterocycles. The molecule has 0 unspecified atom stereocenters. The molecule has 1 amide bonds. The van der Waals surface area contributed by atoms with Crippen molar-refractivity contribution < 1.29 is 4.79 Å². The van der Waals surface area contributed by atoms with Gasteiger partial charge in [0.05, 0.1) is 0 Å². The summed E-state index contributed by atoms with van der Waals surface area (Å²) in [6.07, 6.45) is 0. The minimum atomic E-state index is 0.166. The van der Waals surface area contributed by atoms with Crippen molar-refractivity contribution in [2.75, 3.05) is 19.6 Å². The van der Waals surface area contributed by atoms with Gasteiger partial charge in [-0.15, -0.1) is 0 Å². The summed E-state index contributed by atoms with van der Waals surface area (Å²) >= 11 is 0. The molecule has 1 fully saturated rings. The molecule has 1 heterocycles. The molecule has 1 saturated heterocycles.